The van der Waals surface area contributed by atoms with Gasteiger partial charge in [-0.05, 0) is 37.3 Å². The number of para-hydroxylation sites is 1. The Morgan fingerprint density at radius 2 is 1.88 bits per heavy atom. The van der Waals surface area contributed by atoms with Crippen LogP contribution < -0.4 is 10.2 Å². The number of nitrogens with one attached hydrogen (secondary N) is 1. The van der Waals surface area contributed by atoms with Crippen LogP contribution in [0.3, 0.4) is 0 Å². The van der Waals surface area contributed by atoms with E-state index in [1.165, 1.54) is 29.2 Å². The molecule has 34 heavy (non-hydrogen) atoms. The zero-order valence-corrected chi connectivity index (χ0v) is 19.2. The molecule has 10 nitrogen and oxygen atoms in total. The number of anilines is 2. The number of amides is 2. The molecule has 1 aromatic heterocycles. The fraction of sp³-hybridized carbons (Fsp3) is 0.130. The van der Waals surface area contributed by atoms with Crippen molar-refractivity contribution >= 4 is 51.9 Å². The van der Waals surface area contributed by atoms with Gasteiger partial charge in [0.15, 0.2) is 5.17 Å². The van der Waals surface area contributed by atoms with Gasteiger partial charge in [0.05, 0.1) is 22.1 Å². The number of hydrogen-bond donors (Lipinski definition) is 1. The van der Waals surface area contributed by atoms with Crippen LogP contribution in [0.25, 0.3) is 6.08 Å². The number of aryl methyl sites for hydroxylation is 2. The number of rotatable bonds is 6. The van der Waals surface area contributed by atoms with Crippen LogP contribution in [0, 0.1) is 17.0 Å². The molecule has 0 saturated heterocycles. The summed E-state index contributed by atoms with van der Waals surface area (Å²) in [7, 11) is 1.80. The van der Waals surface area contributed by atoms with E-state index in [0.717, 1.165) is 23.0 Å². The van der Waals surface area contributed by atoms with Crippen LogP contribution in [0.1, 0.15) is 11.3 Å². The normalized spacial score (nSPS) is 14.4. The maximum absolute atomic E-state index is 13.2. The maximum atomic E-state index is 13.2. The molecule has 0 saturated carbocycles. The van der Waals surface area contributed by atoms with Crippen molar-refractivity contribution in [2.75, 3.05) is 16.0 Å². The predicted molar refractivity (Wildman–Crippen MR) is 131 cm³/mol. The van der Waals surface area contributed by atoms with Crippen molar-refractivity contribution < 1.29 is 14.5 Å². The Bertz CT molecular complexity index is 1310. The van der Waals surface area contributed by atoms with Gasteiger partial charge >= 0.3 is 0 Å². The number of amidine groups is 1. The van der Waals surface area contributed by atoms with Gasteiger partial charge in [-0.2, -0.15) is 5.10 Å². The average Bonchev–Trinajstić information content (AvgIpc) is 3.30. The molecule has 1 aliphatic heterocycles. The highest BCUT2D eigenvalue weighted by Crippen LogP contribution is 2.29. The molecule has 0 aliphatic carbocycles. The highest BCUT2D eigenvalue weighted by Gasteiger charge is 2.32. The van der Waals surface area contributed by atoms with Crippen molar-refractivity contribution in [1.29, 1.82) is 0 Å². The average molecular weight is 477 g/mol. The lowest BCUT2D eigenvalue weighted by Crippen LogP contribution is -2.31. The molecule has 0 spiro atoms. The van der Waals surface area contributed by atoms with Crippen LogP contribution in [0.15, 0.2) is 71.5 Å². The molecule has 4 rings (SSSR count). The van der Waals surface area contributed by atoms with Crippen molar-refractivity contribution in [2.45, 2.75) is 6.92 Å². The van der Waals surface area contributed by atoms with Gasteiger partial charge < -0.3 is 5.32 Å². The van der Waals surface area contributed by atoms with Crippen LogP contribution >= 0.6 is 11.8 Å². The van der Waals surface area contributed by atoms with Gasteiger partial charge in [0.25, 0.3) is 11.6 Å². The summed E-state index contributed by atoms with van der Waals surface area (Å²) in [6.45, 7) is 1.85. The molecule has 0 unspecified atom stereocenters. The first kappa shape index (κ1) is 22.9. The topological polar surface area (TPSA) is 123 Å². The lowest BCUT2D eigenvalue weighted by atomic mass is 10.2. The Labute approximate surface area is 199 Å². The second kappa shape index (κ2) is 9.71. The van der Waals surface area contributed by atoms with Gasteiger partial charge in [-0.15, -0.1) is 0 Å². The van der Waals surface area contributed by atoms with E-state index in [0.29, 0.717) is 16.5 Å². The number of aliphatic imine (C=N–C) groups is 1. The lowest BCUT2D eigenvalue weighted by molar-refractivity contribution is -0.384. The second-order valence-electron chi connectivity index (χ2n) is 7.38. The van der Waals surface area contributed by atoms with Crippen molar-refractivity contribution in [3.05, 3.63) is 87.9 Å². The first-order valence-electron chi connectivity index (χ1n) is 10.2. The summed E-state index contributed by atoms with van der Waals surface area (Å²) in [6.07, 6.45) is 3.49. The highest BCUT2D eigenvalue weighted by molar-refractivity contribution is 8.14. The van der Waals surface area contributed by atoms with E-state index in [-0.39, 0.29) is 29.0 Å². The van der Waals surface area contributed by atoms with Crippen molar-refractivity contribution in [3.63, 3.8) is 0 Å². The Hall–Kier alpha value is -4.25. The van der Waals surface area contributed by atoms with Gasteiger partial charge in [0.2, 0.25) is 5.91 Å². The third-order valence-corrected chi connectivity index (χ3v) is 5.82. The molecule has 1 aliphatic rings. The molecule has 2 heterocycles. The number of nitro benzene ring substituents is 1. The molecule has 2 aromatic carbocycles. The molecule has 1 N–H and O–H groups in total. The van der Waals surface area contributed by atoms with E-state index >= 15 is 0 Å². The largest absolute Gasteiger partial charge is 0.325 e. The summed E-state index contributed by atoms with van der Waals surface area (Å²) >= 11 is 1.12. The molecule has 3 aromatic rings. The zero-order valence-electron chi connectivity index (χ0n) is 18.3. The monoisotopic (exact) mass is 476 g/mol. The van der Waals surface area contributed by atoms with Crippen molar-refractivity contribution in [2.24, 2.45) is 12.0 Å². The molecule has 2 amide bonds. The number of thioether (sulfide) groups is 1. The standard InChI is InChI=1S/C23H20N6O4S/c1-15-16(13-27(2)26-15)12-20-22(31)28(18-6-4-3-5-7-18)23(25-20)34-14-21(30)24-17-8-10-19(11-9-17)29(32)33/h3-13H,14H2,1-2H3,(H,24,30)/b20-12+. The fourth-order valence-corrected chi connectivity index (χ4v) is 4.11. The summed E-state index contributed by atoms with van der Waals surface area (Å²) in [5.41, 5.74) is 2.82. The Balaban J connectivity index is 1.53. The van der Waals surface area contributed by atoms with Gasteiger partial charge in [0, 0.05) is 36.6 Å². The van der Waals surface area contributed by atoms with E-state index in [2.05, 4.69) is 15.4 Å². The van der Waals surface area contributed by atoms with Gasteiger partial charge in [0.1, 0.15) is 5.70 Å². The van der Waals surface area contributed by atoms with Crippen LogP contribution in [-0.2, 0) is 16.6 Å². The molecule has 0 atom stereocenters. The SMILES string of the molecule is Cc1nn(C)cc1/C=C1/N=C(SCC(=O)Nc2ccc([N+](=O)[O-])cc2)N(c2ccccc2)C1=O. The summed E-state index contributed by atoms with van der Waals surface area (Å²) in [4.78, 5) is 41.9. The van der Waals surface area contributed by atoms with E-state index < -0.39 is 4.92 Å². The molecular weight excluding hydrogens is 456 g/mol. The summed E-state index contributed by atoms with van der Waals surface area (Å²) in [6, 6.07) is 14.6. The summed E-state index contributed by atoms with van der Waals surface area (Å²) in [5, 5.41) is 18.1. The lowest BCUT2D eigenvalue weighted by Gasteiger charge is -2.17. The molecule has 0 fully saturated rings. The van der Waals surface area contributed by atoms with Crippen molar-refractivity contribution in [1.82, 2.24) is 9.78 Å². The van der Waals surface area contributed by atoms with E-state index in [9.17, 15) is 19.7 Å². The van der Waals surface area contributed by atoms with E-state index in [1.54, 1.807) is 36.1 Å². The van der Waals surface area contributed by atoms with Gasteiger partial charge in [-0.1, -0.05) is 30.0 Å². The minimum atomic E-state index is -0.507. The molecule has 0 radical (unpaired) electrons. The number of nitro groups is 1. The van der Waals surface area contributed by atoms with E-state index in [4.69, 9.17) is 0 Å². The first-order valence-corrected chi connectivity index (χ1v) is 11.2. The smallest absolute Gasteiger partial charge is 0.283 e. The van der Waals surface area contributed by atoms with Gasteiger partial charge in [-0.3, -0.25) is 29.3 Å². The summed E-state index contributed by atoms with van der Waals surface area (Å²) < 4.78 is 1.66. The number of benzene rings is 2. The molecule has 11 heteroatoms. The molecular formula is C23H20N6O4S. The third-order valence-electron chi connectivity index (χ3n) is 4.88. The van der Waals surface area contributed by atoms with Crippen LogP contribution in [0.4, 0.5) is 17.1 Å². The highest BCUT2D eigenvalue weighted by atomic mass is 32.2. The van der Waals surface area contributed by atoms with Crippen molar-refractivity contribution in [3.8, 4) is 0 Å². The molecule has 172 valence electrons. The predicted octanol–water partition coefficient (Wildman–Crippen LogP) is 3.75. The van der Waals surface area contributed by atoms with Gasteiger partial charge in [-0.25, -0.2) is 4.99 Å². The summed E-state index contributed by atoms with van der Waals surface area (Å²) in [5.74, 6) is -0.638. The fourth-order valence-electron chi connectivity index (χ4n) is 3.30. The maximum Gasteiger partial charge on any atom is 0.283 e. The van der Waals surface area contributed by atoms with Crippen LogP contribution in [0.5, 0.6) is 0 Å². The Morgan fingerprint density at radius 1 is 1.18 bits per heavy atom. The van der Waals surface area contributed by atoms with Crippen LogP contribution in [-0.4, -0.2) is 37.4 Å². The zero-order chi connectivity index (χ0) is 24.2. The van der Waals surface area contributed by atoms with Crippen LogP contribution in [0.2, 0.25) is 0 Å². The quantitative estimate of drug-likeness (QED) is 0.328. The Kier molecular flexibility index (Phi) is 6.55. The van der Waals surface area contributed by atoms with E-state index in [1.807, 2.05) is 25.1 Å². The number of hydrogen-bond acceptors (Lipinski definition) is 7. The Morgan fingerprint density at radius 3 is 2.50 bits per heavy atom. The molecule has 0 bridgehead atoms. The number of carbonyl (C=O) groups is 2. The first-order chi connectivity index (χ1) is 16.3. The second-order valence-corrected chi connectivity index (χ2v) is 8.33. The number of nitrogens with zero attached hydrogens (tertiary/aromatic N) is 5. The minimum absolute atomic E-state index is 0.00830. The third kappa shape index (κ3) is 5.04. The number of aromatic nitrogens is 2. The number of non-ortho nitro benzene ring substituents is 1. The number of carbonyl (C=O) groups excluding carboxylic acids is 2. The minimum Gasteiger partial charge on any atom is -0.325 e.